The van der Waals surface area contributed by atoms with Crippen LogP contribution in [0.3, 0.4) is 0 Å². The summed E-state index contributed by atoms with van der Waals surface area (Å²) in [5.74, 6) is 2.71. The van der Waals surface area contributed by atoms with Gasteiger partial charge in [0.2, 0.25) is 0 Å². The highest BCUT2D eigenvalue weighted by atomic mass is 32.1. The van der Waals surface area contributed by atoms with Gasteiger partial charge in [-0.1, -0.05) is 6.42 Å². The van der Waals surface area contributed by atoms with E-state index in [-0.39, 0.29) is 0 Å². The van der Waals surface area contributed by atoms with Crippen molar-refractivity contribution < 1.29 is 14.2 Å². The fraction of sp³-hybridized carbons (Fsp3) is 0.391. The molecule has 1 saturated heterocycles. The van der Waals surface area contributed by atoms with Gasteiger partial charge in [0.05, 0.1) is 19.1 Å². The predicted octanol–water partition coefficient (Wildman–Crippen LogP) is 5.45. The lowest BCUT2D eigenvalue weighted by Gasteiger charge is -2.26. The molecule has 0 saturated carbocycles. The molecule has 148 valence electrons. The Labute approximate surface area is 170 Å². The Bertz CT molecular complexity index is 913. The summed E-state index contributed by atoms with van der Waals surface area (Å²) in [5, 5.41) is 1.15. The molecule has 0 bridgehead atoms. The second-order valence-electron chi connectivity index (χ2n) is 7.10. The molecule has 1 fully saturated rings. The van der Waals surface area contributed by atoms with Crippen LogP contribution < -0.4 is 14.2 Å². The van der Waals surface area contributed by atoms with Gasteiger partial charge in [-0.05, 0) is 74.0 Å². The van der Waals surface area contributed by atoms with E-state index in [9.17, 15) is 0 Å². The van der Waals surface area contributed by atoms with Gasteiger partial charge in [-0.25, -0.2) is 0 Å². The Hall–Kier alpha value is -2.24. The smallest absolute Gasteiger partial charge is 0.145 e. The zero-order valence-corrected chi connectivity index (χ0v) is 17.4. The van der Waals surface area contributed by atoms with Gasteiger partial charge < -0.3 is 14.2 Å². The van der Waals surface area contributed by atoms with E-state index in [2.05, 4.69) is 29.2 Å². The highest BCUT2D eigenvalue weighted by molar-refractivity contribution is 7.22. The van der Waals surface area contributed by atoms with Gasteiger partial charge in [-0.15, -0.1) is 11.3 Å². The Kier molecular flexibility index (Phi) is 6.03. The van der Waals surface area contributed by atoms with Crippen LogP contribution in [-0.4, -0.2) is 45.4 Å². The van der Waals surface area contributed by atoms with E-state index in [1.54, 1.807) is 25.6 Å². The fourth-order valence-electron chi connectivity index (χ4n) is 3.72. The summed E-state index contributed by atoms with van der Waals surface area (Å²) in [6, 6.07) is 14.4. The molecular weight excluding hydrogens is 370 g/mol. The molecule has 1 aliphatic rings. The van der Waals surface area contributed by atoms with Crippen molar-refractivity contribution in [2.75, 3.05) is 40.5 Å². The standard InChI is InChI=1S/C23H27NO3S/c1-25-18-8-6-17(7-9-18)23-22(27-15-14-24-12-4-3-5-13-24)20-11-10-19(26-2)16-21(20)28-23/h6-11,16H,3-5,12-15H2,1-2H3. The van der Waals surface area contributed by atoms with Gasteiger partial charge in [-0.2, -0.15) is 0 Å². The minimum atomic E-state index is 0.709. The number of nitrogens with zero attached hydrogens (tertiary/aromatic N) is 1. The second kappa shape index (κ2) is 8.84. The van der Waals surface area contributed by atoms with Crippen LogP contribution >= 0.6 is 11.3 Å². The average Bonchev–Trinajstić information content (AvgIpc) is 3.12. The summed E-state index contributed by atoms with van der Waals surface area (Å²) >= 11 is 1.75. The topological polar surface area (TPSA) is 30.9 Å². The third-order valence-corrected chi connectivity index (χ3v) is 6.49. The Balaban J connectivity index is 1.62. The minimum absolute atomic E-state index is 0.709. The van der Waals surface area contributed by atoms with E-state index in [0.29, 0.717) is 6.61 Å². The lowest BCUT2D eigenvalue weighted by atomic mass is 10.1. The number of likely N-dealkylation sites (tertiary alicyclic amines) is 1. The zero-order valence-electron chi connectivity index (χ0n) is 16.6. The molecule has 0 N–H and O–H groups in total. The molecule has 1 aromatic heterocycles. The Morgan fingerprint density at radius 3 is 2.32 bits per heavy atom. The van der Waals surface area contributed by atoms with Gasteiger partial charge in [0, 0.05) is 16.6 Å². The van der Waals surface area contributed by atoms with Crippen LogP contribution in [-0.2, 0) is 0 Å². The maximum Gasteiger partial charge on any atom is 0.145 e. The third-order valence-electron chi connectivity index (χ3n) is 5.31. The van der Waals surface area contributed by atoms with Crippen molar-refractivity contribution in [1.82, 2.24) is 4.90 Å². The zero-order chi connectivity index (χ0) is 19.3. The number of thiophene rings is 1. The quantitative estimate of drug-likeness (QED) is 0.530. The molecule has 2 heterocycles. The second-order valence-corrected chi connectivity index (χ2v) is 8.15. The normalized spacial score (nSPS) is 14.9. The van der Waals surface area contributed by atoms with Gasteiger partial charge in [0.25, 0.3) is 0 Å². The summed E-state index contributed by atoms with van der Waals surface area (Å²) in [6.45, 7) is 4.07. The van der Waals surface area contributed by atoms with Crippen LogP contribution in [0.25, 0.3) is 20.5 Å². The predicted molar refractivity (Wildman–Crippen MR) is 116 cm³/mol. The lowest BCUT2D eigenvalue weighted by molar-refractivity contribution is 0.185. The highest BCUT2D eigenvalue weighted by Gasteiger charge is 2.17. The first-order chi connectivity index (χ1) is 13.8. The van der Waals surface area contributed by atoms with Gasteiger partial charge >= 0.3 is 0 Å². The molecule has 1 aliphatic heterocycles. The summed E-state index contributed by atoms with van der Waals surface area (Å²) < 4.78 is 18.3. The number of hydrogen-bond acceptors (Lipinski definition) is 5. The number of piperidine rings is 1. The fourth-order valence-corrected chi connectivity index (χ4v) is 4.90. The maximum absolute atomic E-state index is 6.37. The number of methoxy groups -OCH3 is 2. The summed E-state index contributed by atoms with van der Waals surface area (Å²) in [6.07, 6.45) is 3.96. The molecule has 0 aliphatic carbocycles. The van der Waals surface area contributed by atoms with E-state index in [0.717, 1.165) is 39.6 Å². The van der Waals surface area contributed by atoms with Crippen LogP contribution in [0, 0.1) is 0 Å². The van der Waals surface area contributed by atoms with E-state index >= 15 is 0 Å². The average molecular weight is 398 g/mol. The van der Waals surface area contributed by atoms with Crippen LogP contribution in [0.5, 0.6) is 17.2 Å². The number of fused-ring (bicyclic) bond motifs is 1. The van der Waals surface area contributed by atoms with E-state index < -0.39 is 0 Å². The van der Waals surface area contributed by atoms with E-state index in [1.165, 1.54) is 37.1 Å². The van der Waals surface area contributed by atoms with Crippen LogP contribution in [0.2, 0.25) is 0 Å². The molecule has 4 rings (SSSR count). The van der Waals surface area contributed by atoms with E-state index in [1.807, 2.05) is 18.2 Å². The van der Waals surface area contributed by atoms with Crippen molar-refractivity contribution in [3.8, 4) is 27.7 Å². The summed E-state index contributed by atoms with van der Waals surface area (Å²) in [7, 11) is 3.39. The molecule has 0 radical (unpaired) electrons. The SMILES string of the molecule is COc1ccc(-c2sc3cc(OC)ccc3c2OCCN2CCCCC2)cc1. The summed E-state index contributed by atoms with van der Waals surface area (Å²) in [4.78, 5) is 3.67. The molecule has 0 unspecified atom stereocenters. The summed E-state index contributed by atoms with van der Waals surface area (Å²) in [5.41, 5.74) is 1.15. The number of hydrogen-bond donors (Lipinski definition) is 0. The molecule has 3 aromatic rings. The van der Waals surface area contributed by atoms with E-state index in [4.69, 9.17) is 14.2 Å². The molecule has 2 aromatic carbocycles. The van der Waals surface area contributed by atoms with Crippen molar-refractivity contribution in [3.63, 3.8) is 0 Å². The first-order valence-electron chi connectivity index (χ1n) is 9.88. The molecule has 0 spiro atoms. The highest BCUT2D eigenvalue weighted by Crippen LogP contribution is 2.45. The van der Waals surface area contributed by atoms with Crippen molar-refractivity contribution in [1.29, 1.82) is 0 Å². The molecule has 0 amide bonds. The Morgan fingerprint density at radius 1 is 0.893 bits per heavy atom. The third kappa shape index (κ3) is 4.10. The van der Waals surface area contributed by atoms with Crippen molar-refractivity contribution >= 4 is 21.4 Å². The molecular formula is C23H27NO3S. The van der Waals surface area contributed by atoms with Crippen LogP contribution in [0.15, 0.2) is 42.5 Å². The van der Waals surface area contributed by atoms with Crippen molar-refractivity contribution in [2.45, 2.75) is 19.3 Å². The minimum Gasteiger partial charge on any atom is -0.497 e. The van der Waals surface area contributed by atoms with Crippen LogP contribution in [0.4, 0.5) is 0 Å². The molecule has 28 heavy (non-hydrogen) atoms. The number of benzene rings is 2. The number of rotatable bonds is 7. The molecule has 4 nitrogen and oxygen atoms in total. The first-order valence-corrected chi connectivity index (χ1v) is 10.7. The number of ether oxygens (including phenoxy) is 3. The monoisotopic (exact) mass is 397 g/mol. The van der Waals surface area contributed by atoms with Gasteiger partial charge in [0.15, 0.2) is 0 Å². The lowest BCUT2D eigenvalue weighted by Crippen LogP contribution is -2.33. The maximum atomic E-state index is 6.37. The van der Waals surface area contributed by atoms with Gasteiger partial charge in [0.1, 0.15) is 23.9 Å². The molecule has 0 atom stereocenters. The van der Waals surface area contributed by atoms with Gasteiger partial charge in [-0.3, -0.25) is 4.90 Å². The van der Waals surface area contributed by atoms with Crippen molar-refractivity contribution in [2.24, 2.45) is 0 Å². The van der Waals surface area contributed by atoms with Crippen molar-refractivity contribution in [3.05, 3.63) is 42.5 Å². The van der Waals surface area contributed by atoms with Crippen LogP contribution in [0.1, 0.15) is 19.3 Å². The first kappa shape index (κ1) is 19.1. The molecule has 5 heteroatoms. The Morgan fingerprint density at radius 2 is 1.61 bits per heavy atom. The largest absolute Gasteiger partial charge is 0.497 e.